The Morgan fingerprint density at radius 1 is 1.25 bits per heavy atom. The molecular formula is C20H18N2O4S2. The minimum Gasteiger partial charge on any atom is -0.489 e. The van der Waals surface area contributed by atoms with Gasteiger partial charge in [0.25, 0.3) is 11.6 Å². The van der Waals surface area contributed by atoms with Crippen molar-refractivity contribution in [2.45, 2.75) is 20.0 Å². The maximum Gasteiger partial charge on any atom is 0.269 e. The third kappa shape index (κ3) is 4.76. The molecule has 0 aliphatic carbocycles. The lowest BCUT2D eigenvalue weighted by Crippen LogP contribution is -2.28. The molecule has 0 aromatic heterocycles. The zero-order chi connectivity index (χ0) is 20.1. The Labute approximate surface area is 172 Å². The summed E-state index contributed by atoms with van der Waals surface area (Å²) in [6.07, 6.45) is 2.67. The van der Waals surface area contributed by atoms with E-state index in [1.54, 1.807) is 17.0 Å². The molecule has 0 bridgehead atoms. The Balaban J connectivity index is 1.68. The second-order valence-corrected chi connectivity index (χ2v) is 7.79. The van der Waals surface area contributed by atoms with Crippen LogP contribution in [0, 0.1) is 10.1 Å². The van der Waals surface area contributed by atoms with Crippen molar-refractivity contribution >= 4 is 46.0 Å². The number of amides is 1. The molecule has 0 atom stereocenters. The number of nitro groups is 1. The van der Waals surface area contributed by atoms with Crippen molar-refractivity contribution in [1.82, 2.24) is 4.90 Å². The number of hydrogen-bond donors (Lipinski definition) is 0. The van der Waals surface area contributed by atoms with Crippen LogP contribution in [0.5, 0.6) is 5.75 Å². The molecule has 1 heterocycles. The van der Waals surface area contributed by atoms with Crippen LogP contribution in [0.15, 0.2) is 53.4 Å². The summed E-state index contributed by atoms with van der Waals surface area (Å²) in [5, 5.41) is 10.7. The predicted octanol–water partition coefficient (Wildman–Crippen LogP) is 4.79. The molecule has 3 rings (SSSR count). The number of thioether (sulfide) groups is 1. The Morgan fingerprint density at radius 3 is 2.68 bits per heavy atom. The number of rotatable bonds is 7. The van der Waals surface area contributed by atoms with Crippen molar-refractivity contribution in [2.24, 2.45) is 0 Å². The number of ether oxygens (including phenoxy) is 1. The topological polar surface area (TPSA) is 72.7 Å². The van der Waals surface area contributed by atoms with E-state index in [0.29, 0.717) is 28.1 Å². The Hall–Kier alpha value is -2.71. The number of nitro benzene ring substituents is 1. The normalized spacial score (nSPS) is 15.3. The monoisotopic (exact) mass is 414 g/mol. The lowest BCUT2D eigenvalue weighted by molar-refractivity contribution is -0.384. The summed E-state index contributed by atoms with van der Waals surface area (Å²) in [5.74, 6) is 0.588. The molecule has 144 valence electrons. The smallest absolute Gasteiger partial charge is 0.269 e. The van der Waals surface area contributed by atoms with E-state index in [2.05, 4.69) is 0 Å². The molecule has 0 N–H and O–H groups in total. The van der Waals surface area contributed by atoms with E-state index in [9.17, 15) is 14.9 Å². The van der Waals surface area contributed by atoms with Crippen molar-refractivity contribution in [3.63, 3.8) is 0 Å². The molecule has 1 saturated heterocycles. The van der Waals surface area contributed by atoms with Gasteiger partial charge in [-0.3, -0.25) is 19.8 Å². The zero-order valence-electron chi connectivity index (χ0n) is 15.2. The first-order valence-corrected chi connectivity index (χ1v) is 9.92. The van der Waals surface area contributed by atoms with Crippen LogP contribution in [0.25, 0.3) is 6.08 Å². The first kappa shape index (κ1) is 20.0. The van der Waals surface area contributed by atoms with E-state index in [1.165, 1.54) is 23.9 Å². The molecule has 0 saturated carbocycles. The predicted molar refractivity (Wildman–Crippen MR) is 114 cm³/mol. The van der Waals surface area contributed by atoms with E-state index in [0.717, 1.165) is 17.5 Å². The average molecular weight is 415 g/mol. The van der Waals surface area contributed by atoms with Gasteiger partial charge in [0.05, 0.1) is 9.83 Å². The van der Waals surface area contributed by atoms with Gasteiger partial charge in [-0.2, -0.15) is 0 Å². The highest BCUT2D eigenvalue weighted by atomic mass is 32.2. The molecule has 2 aromatic carbocycles. The fourth-order valence-corrected chi connectivity index (χ4v) is 3.95. The molecule has 2 aromatic rings. The standard InChI is InChI=1S/C20H18N2O4S2/c1-2-10-21-19(23)18(28-20(21)27)12-15-4-3-5-17(11-15)26-13-14-6-8-16(9-7-14)22(24)25/h3-9,11-12H,2,10,13H2,1H3/b18-12-. The van der Waals surface area contributed by atoms with Gasteiger partial charge in [0, 0.05) is 18.7 Å². The van der Waals surface area contributed by atoms with Gasteiger partial charge in [-0.05, 0) is 47.9 Å². The molecule has 1 aliphatic rings. The highest BCUT2D eigenvalue weighted by Crippen LogP contribution is 2.33. The molecule has 0 unspecified atom stereocenters. The Kier molecular flexibility index (Phi) is 6.43. The van der Waals surface area contributed by atoms with Crippen molar-refractivity contribution in [3.8, 4) is 5.75 Å². The maximum atomic E-state index is 12.5. The van der Waals surface area contributed by atoms with Gasteiger partial charge in [-0.1, -0.05) is 43.0 Å². The van der Waals surface area contributed by atoms with Crippen molar-refractivity contribution in [2.75, 3.05) is 6.54 Å². The third-order valence-electron chi connectivity index (χ3n) is 4.03. The van der Waals surface area contributed by atoms with Gasteiger partial charge < -0.3 is 4.74 Å². The lowest BCUT2D eigenvalue weighted by atomic mass is 10.2. The molecule has 1 aliphatic heterocycles. The number of benzene rings is 2. The Bertz CT molecular complexity index is 941. The van der Waals surface area contributed by atoms with Crippen LogP contribution in [0.1, 0.15) is 24.5 Å². The molecule has 1 fully saturated rings. The molecule has 1 amide bonds. The molecule has 0 radical (unpaired) electrons. The summed E-state index contributed by atoms with van der Waals surface area (Å²) in [5.41, 5.74) is 1.72. The molecule has 28 heavy (non-hydrogen) atoms. The molecule has 8 heteroatoms. The number of hydrogen-bond acceptors (Lipinski definition) is 6. The highest BCUT2D eigenvalue weighted by molar-refractivity contribution is 8.26. The van der Waals surface area contributed by atoms with Crippen LogP contribution < -0.4 is 4.74 Å². The van der Waals surface area contributed by atoms with Gasteiger partial charge in [0.15, 0.2) is 0 Å². The van der Waals surface area contributed by atoms with Gasteiger partial charge in [-0.15, -0.1) is 0 Å². The minimum absolute atomic E-state index is 0.0473. The van der Waals surface area contributed by atoms with Gasteiger partial charge >= 0.3 is 0 Å². The van der Waals surface area contributed by atoms with Crippen molar-refractivity contribution in [3.05, 3.63) is 74.7 Å². The quantitative estimate of drug-likeness (QED) is 0.281. The highest BCUT2D eigenvalue weighted by Gasteiger charge is 2.31. The van der Waals surface area contributed by atoms with Crippen molar-refractivity contribution < 1.29 is 14.5 Å². The largest absolute Gasteiger partial charge is 0.489 e. The summed E-state index contributed by atoms with van der Waals surface area (Å²) in [7, 11) is 0. The summed E-state index contributed by atoms with van der Waals surface area (Å²) in [6, 6.07) is 13.7. The van der Waals surface area contributed by atoms with Crippen molar-refractivity contribution in [1.29, 1.82) is 0 Å². The van der Waals surface area contributed by atoms with Gasteiger partial charge in [0.1, 0.15) is 16.7 Å². The summed E-state index contributed by atoms with van der Waals surface area (Å²) in [4.78, 5) is 25.0. The summed E-state index contributed by atoms with van der Waals surface area (Å²) < 4.78 is 6.36. The van der Waals surface area contributed by atoms with E-state index >= 15 is 0 Å². The van der Waals surface area contributed by atoms with E-state index in [4.69, 9.17) is 17.0 Å². The summed E-state index contributed by atoms with van der Waals surface area (Å²) in [6.45, 7) is 2.93. The summed E-state index contributed by atoms with van der Waals surface area (Å²) >= 11 is 6.59. The second-order valence-electron chi connectivity index (χ2n) is 6.12. The average Bonchev–Trinajstić information content (AvgIpc) is 2.95. The first-order chi connectivity index (χ1) is 13.5. The van der Waals surface area contributed by atoms with E-state index < -0.39 is 4.92 Å². The SMILES string of the molecule is CCCN1C(=O)/C(=C/c2cccc(OCc3ccc([N+](=O)[O-])cc3)c2)SC1=S. The van der Waals surface area contributed by atoms with E-state index in [-0.39, 0.29) is 11.6 Å². The van der Waals surface area contributed by atoms with Crippen LogP contribution in [0.2, 0.25) is 0 Å². The van der Waals surface area contributed by atoms with Gasteiger partial charge in [0.2, 0.25) is 0 Å². The molecule has 6 nitrogen and oxygen atoms in total. The number of non-ortho nitro benzene ring substituents is 1. The Morgan fingerprint density at radius 2 is 2.00 bits per heavy atom. The third-order valence-corrected chi connectivity index (χ3v) is 5.41. The number of carbonyl (C=O) groups is 1. The first-order valence-electron chi connectivity index (χ1n) is 8.69. The fraction of sp³-hybridized carbons (Fsp3) is 0.200. The number of thiocarbonyl (C=S) groups is 1. The fourth-order valence-electron chi connectivity index (χ4n) is 2.64. The zero-order valence-corrected chi connectivity index (χ0v) is 16.8. The van der Waals surface area contributed by atoms with Crippen LogP contribution in [-0.4, -0.2) is 26.6 Å². The molecule has 0 spiro atoms. The number of carbonyl (C=O) groups excluding carboxylic acids is 1. The number of nitrogens with zero attached hydrogens (tertiary/aromatic N) is 2. The second kappa shape index (κ2) is 8.99. The van der Waals surface area contributed by atoms with Crippen LogP contribution in [-0.2, 0) is 11.4 Å². The van der Waals surface area contributed by atoms with Crippen LogP contribution >= 0.6 is 24.0 Å². The van der Waals surface area contributed by atoms with E-state index in [1.807, 2.05) is 37.3 Å². The minimum atomic E-state index is -0.433. The van der Waals surface area contributed by atoms with Crippen LogP contribution in [0.3, 0.4) is 0 Å². The lowest BCUT2D eigenvalue weighted by Gasteiger charge is -2.12. The molecular weight excluding hydrogens is 396 g/mol. The van der Waals surface area contributed by atoms with Crippen LogP contribution in [0.4, 0.5) is 5.69 Å². The maximum absolute atomic E-state index is 12.5. The van der Waals surface area contributed by atoms with Gasteiger partial charge in [-0.25, -0.2) is 0 Å².